The van der Waals surface area contributed by atoms with Crippen molar-refractivity contribution in [3.05, 3.63) is 71.2 Å². The zero-order valence-corrected chi connectivity index (χ0v) is 18.7. The normalized spacial score (nSPS) is 19.6. The lowest BCUT2D eigenvalue weighted by Gasteiger charge is -2.42. The number of halogens is 1. The summed E-state index contributed by atoms with van der Waals surface area (Å²) in [6.45, 7) is 3.25. The van der Waals surface area contributed by atoms with Gasteiger partial charge in [0.15, 0.2) is 0 Å². The number of esters is 1. The fourth-order valence-corrected chi connectivity index (χ4v) is 4.96. The van der Waals surface area contributed by atoms with Gasteiger partial charge in [-0.2, -0.15) is 0 Å². The van der Waals surface area contributed by atoms with Gasteiger partial charge in [-0.05, 0) is 42.7 Å². The first-order valence-corrected chi connectivity index (χ1v) is 10.7. The van der Waals surface area contributed by atoms with E-state index in [0.717, 1.165) is 10.9 Å². The number of ether oxygens (including phenoxy) is 2. The molecule has 1 aromatic heterocycles. The van der Waals surface area contributed by atoms with E-state index in [1.807, 2.05) is 18.2 Å². The minimum absolute atomic E-state index is 0.0721. The fraction of sp³-hybridized carbons (Fsp3) is 0.320. The molecule has 1 amide bonds. The van der Waals surface area contributed by atoms with Gasteiger partial charge in [-0.1, -0.05) is 30.3 Å². The van der Waals surface area contributed by atoms with Crippen molar-refractivity contribution in [3.63, 3.8) is 0 Å². The number of methoxy groups -OCH3 is 1. The highest BCUT2D eigenvalue weighted by molar-refractivity contribution is 5.96. The van der Waals surface area contributed by atoms with Crippen LogP contribution >= 0.6 is 0 Å². The van der Waals surface area contributed by atoms with Crippen LogP contribution in [0.5, 0.6) is 0 Å². The first-order valence-electron chi connectivity index (χ1n) is 10.7. The summed E-state index contributed by atoms with van der Waals surface area (Å²) in [6, 6.07) is 13.2. The molecule has 2 atom stereocenters. The van der Waals surface area contributed by atoms with Crippen molar-refractivity contribution in [1.82, 2.24) is 9.88 Å². The molecular formula is C25H25FN2O5. The lowest BCUT2D eigenvalue weighted by atomic mass is 9.68. The van der Waals surface area contributed by atoms with E-state index in [1.54, 1.807) is 25.1 Å². The Labute approximate surface area is 190 Å². The number of nitrogens with zero attached hydrogens (tertiary/aromatic N) is 1. The molecule has 8 heteroatoms. The van der Waals surface area contributed by atoms with Gasteiger partial charge in [0.1, 0.15) is 11.4 Å². The highest BCUT2D eigenvalue weighted by atomic mass is 19.1. The number of amides is 1. The second-order valence-electron chi connectivity index (χ2n) is 8.11. The summed E-state index contributed by atoms with van der Waals surface area (Å²) in [5.74, 6) is -2.20. The molecular weight excluding hydrogens is 427 g/mol. The Balaban J connectivity index is 2.02. The van der Waals surface area contributed by atoms with Crippen LogP contribution < -0.4 is 5.32 Å². The molecule has 172 valence electrons. The van der Waals surface area contributed by atoms with Gasteiger partial charge in [-0.25, -0.2) is 18.5 Å². The number of benzene rings is 2. The Bertz CT molecular complexity index is 1250. The predicted molar refractivity (Wildman–Crippen MR) is 119 cm³/mol. The van der Waals surface area contributed by atoms with Crippen LogP contribution in [0.15, 0.2) is 48.5 Å². The van der Waals surface area contributed by atoms with Gasteiger partial charge in [0.05, 0.1) is 19.2 Å². The molecule has 0 fully saturated rings. The van der Waals surface area contributed by atoms with Crippen LogP contribution in [0.4, 0.5) is 9.18 Å². The first kappa shape index (κ1) is 22.5. The van der Waals surface area contributed by atoms with Crippen molar-refractivity contribution in [3.8, 4) is 0 Å². The zero-order chi connectivity index (χ0) is 23.8. The molecule has 0 spiro atoms. The third-order valence-corrected chi connectivity index (χ3v) is 6.19. The van der Waals surface area contributed by atoms with Crippen molar-refractivity contribution in [2.75, 3.05) is 13.7 Å². The summed E-state index contributed by atoms with van der Waals surface area (Å²) in [6.07, 6.45) is -0.275. The molecule has 33 heavy (non-hydrogen) atoms. The Morgan fingerprint density at radius 3 is 2.61 bits per heavy atom. The summed E-state index contributed by atoms with van der Waals surface area (Å²) >= 11 is 0. The van der Waals surface area contributed by atoms with Crippen molar-refractivity contribution < 1.29 is 28.2 Å². The van der Waals surface area contributed by atoms with Crippen molar-refractivity contribution in [2.24, 2.45) is 0 Å². The number of aromatic nitrogens is 1. The number of fused-ring (bicyclic) bond motifs is 3. The lowest BCUT2D eigenvalue weighted by molar-refractivity contribution is -0.152. The van der Waals surface area contributed by atoms with E-state index in [2.05, 4.69) is 5.32 Å². The third kappa shape index (κ3) is 3.75. The van der Waals surface area contributed by atoms with E-state index >= 15 is 0 Å². The summed E-state index contributed by atoms with van der Waals surface area (Å²) in [5.41, 5.74) is 1.08. The molecule has 0 bridgehead atoms. The van der Waals surface area contributed by atoms with Gasteiger partial charge < -0.3 is 14.8 Å². The average molecular weight is 452 g/mol. The maximum absolute atomic E-state index is 14.2. The fourth-order valence-electron chi connectivity index (χ4n) is 4.96. The van der Waals surface area contributed by atoms with Crippen molar-refractivity contribution in [1.29, 1.82) is 0 Å². The van der Waals surface area contributed by atoms with Crippen LogP contribution in [-0.2, 0) is 31.9 Å². The topological polar surface area (TPSA) is 86.6 Å². The highest BCUT2D eigenvalue weighted by Crippen LogP contribution is 2.44. The molecule has 2 aromatic carbocycles. The number of para-hydroxylation sites is 1. The van der Waals surface area contributed by atoms with E-state index in [0.29, 0.717) is 16.8 Å². The van der Waals surface area contributed by atoms with Crippen LogP contribution in [0.3, 0.4) is 0 Å². The van der Waals surface area contributed by atoms with E-state index in [1.165, 1.54) is 30.7 Å². The number of rotatable bonds is 4. The molecule has 3 aromatic rings. The standard InChI is InChI=1S/C25H25FN2O5/c1-4-33-24(31)28-21-11-6-5-10-18(21)19-14-25(23(30)32-3,27-15(2)29)20(13-22(19)28)16-8-7-9-17(26)12-16/h5-12,20H,4,13-14H2,1-3H3,(H,27,29)/t20-,25+/m1/s1. The lowest BCUT2D eigenvalue weighted by Crippen LogP contribution is -2.62. The SMILES string of the molecule is CCOC(=O)n1c2c(c3ccccc31)C[C@@](NC(C)=O)(C(=O)OC)[C@@H](c1cccc(F)c1)C2. The Morgan fingerprint density at radius 2 is 1.94 bits per heavy atom. The molecule has 0 unspecified atom stereocenters. The van der Waals surface area contributed by atoms with Gasteiger partial charge in [0.25, 0.3) is 0 Å². The van der Waals surface area contributed by atoms with E-state index < -0.39 is 35.2 Å². The average Bonchev–Trinajstić information content (AvgIpc) is 3.10. The largest absolute Gasteiger partial charge is 0.467 e. The molecule has 0 saturated heterocycles. The quantitative estimate of drug-likeness (QED) is 0.610. The van der Waals surface area contributed by atoms with Crippen LogP contribution in [0.25, 0.3) is 10.9 Å². The summed E-state index contributed by atoms with van der Waals surface area (Å²) in [5, 5.41) is 3.60. The monoisotopic (exact) mass is 452 g/mol. The maximum Gasteiger partial charge on any atom is 0.418 e. The van der Waals surface area contributed by atoms with Crippen molar-refractivity contribution in [2.45, 2.75) is 38.1 Å². The van der Waals surface area contributed by atoms with Crippen LogP contribution in [-0.4, -0.2) is 41.8 Å². The van der Waals surface area contributed by atoms with Gasteiger partial charge in [0, 0.05) is 30.3 Å². The van der Waals surface area contributed by atoms with Crippen molar-refractivity contribution >= 4 is 28.9 Å². The predicted octanol–water partition coefficient (Wildman–Crippen LogP) is 3.72. The second-order valence-corrected chi connectivity index (χ2v) is 8.11. The molecule has 0 aliphatic heterocycles. The zero-order valence-electron chi connectivity index (χ0n) is 18.7. The van der Waals surface area contributed by atoms with Crippen LogP contribution in [0, 0.1) is 5.82 Å². The Kier molecular flexibility index (Phi) is 5.93. The Morgan fingerprint density at radius 1 is 1.18 bits per heavy atom. The molecule has 0 radical (unpaired) electrons. The maximum atomic E-state index is 14.2. The smallest absolute Gasteiger partial charge is 0.418 e. The van der Waals surface area contributed by atoms with Gasteiger partial charge >= 0.3 is 12.1 Å². The van der Waals surface area contributed by atoms with E-state index in [4.69, 9.17) is 9.47 Å². The van der Waals surface area contributed by atoms with Gasteiger partial charge in [-0.15, -0.1) is 0 Å². The Hall–Kier alpha value is -3.68. The molecule has 4 rings (SSSR count). The van der Waals surface area contributed by atoms with E-state index in [9.17, 15) is 18.8 Å². The summed E-state index contributed by atoms with van der Waals surface area (Å²) in [4.78, 5) is 38.5. The van der Waals surface area contributed by atoms with E-state index in [-0.39, 0.29) is 19.4 Å². The van der Waals surface area contributed by atoms with Gasteiger partial charge in [-0.3, -0.25) is 4.79 Å². The van der Waals surface area contributed by atoms with Crippen LogP contribution in [0.2, 0.25) is 0 Å². The third-order valence-electron chi connectivity index (χ3n) is 6.19. The minimum Gasteiger partial charge on any atom is -0.467 e. The van der Waals surface area contributed by atoms with Crippen LogP contribution in [0.1, 0.15) is 36.6 Å². The highest BCUT2D eigenvalue weighted by Gasteiger charge is 2.53. The number of hydrogen-bond donors (Lipinski definition) is 1. The number of nitrogens with one attached hydrogen (secondary N) is 1. The number of carbonyl (C=O) groups excluding carboxylic acids is 3. The molecule has 1 aliphatic carbocycles. The second kappa shape index (κ2) is 8.69. The number of hydrogen-bond acceptors (Lipinski definition) is 5. The molecule has 0 saturated carbocycles. The summed E-state index contributed by atoms with van der Waals surface area (Å²) < 4.78 is 26.2. The summed E-state index contributed by atoms with van der Waals surface area (Å²) in [7, 11) is 1.26. The van der Waals surface area contributed by atoms with Gasteiger partial charge in [0.2, 0.25) is 5.91 Å². The first-order chi connectivity index (χ1) is 15.8. The minimum atomic E-state index is -1.48. The molecule has 1 aliphatic rings. The molecule has 7 nitrogen and oxygen atoms in total. The number of carbonyl (C=O) groups is 3. The molecule has 1 heterocycles. The molecule has 1 N–H and O–H groups in total.